The third kappa shape index (κ3) is 2.99. The van der Waals surface area contributed by atoms with Crippen LogP contribution in [0.25, 0.3) is 0 Å². The van der Waals surface area contributed by atoms with Crippen molar-refractivity contribution in [3.8, 4) is 0 Å². The van der Waals surface area contributed by atoms with Crippen LogP contribution in [0.3, 0.4) is 0 Å². The summed E-state index contributed by atoms with van der Waals surface area (Å²) in [6.45, 7) is 2.47. The number of nitrogen functional groups attached to an aromatic ring is 1. The zero-order valence-corrected chi connectivity index (χ0v) is 11.3. The molecule has 0 saturated carbocycles. The maximum atomic E-state index is 11.6. The summed E-state index contributed by atoms with van der Waals surface area (Å²) in [5, 5.41) is 10.4. The Morgan fingerprint density at radius 2 is 2.39 bits per heavy atom. The van der Waals surface area contributed by atoms with Crippen molar-refractivity contribution in [2.45, 2.75) is 16.2 Å². The van der Waals surface area contributed by atoms with Crippen molar-refractivity contribution in [1.29, 1.82) is 0 Å². The van der Waals surface area contributed by atoms with Gasteiger partial charge in [0, 0.05) is 22.7 Å². The van der Waals surface area contributed by atoms with Crippen molar-refractivity contribution in [2.24, 2.45) is 0 Å². The molecule has 0 radical (unpaired) electrons. The van der Waals surface area contributed by atoms with Crippen LogP contribution < -0.4 is 11.1 Å². The van der Waals surface area contributed by atoms with Crippen molar-refractivity contribution in [3.63, 3.8) is 0 Å². The first-order valence-electron chi connectivity index (χ1n) is 5.32. The molecule has 2 rings (SSSR count). The Morgan fingerprint density at radius 1 is 1.56 bits per heavy atom. The molecule has 18 heavy (non-hydrogen) atoms. The average molecular weight is 280 g/mol. The van der Waals surface area contributed by atoms with E-state index in [0.29, 0.717) is 17.8 Å². The van der Waals surface area contributed by atoms with Crippen LogP contribution in [0.2, 0.25) is 0 Å². The Morgan fingerprint density at radius 3 is 3.00 bits per heavy atom. The third-order valence-corrected chi connectivity index (χ3v) is 4.02. The fourth-order valence-corrected chi connectivity index (χ4v) is 2.81. The van der Waals surface area contributed by atoms with E-state index in [2.05, 4.69) is 15.5 Å². The minimum atomic E-state index is -0.114. The first-order chi connectivity index (χ1) is 8.70. The van der Waals surface area contributed by atoms with Crippen LogP contribution in [-0.2, 0) is 0 Å². The number of amides is 1. The molecule has 0 saturated heterocycles. The third-order valence-electron chi connectivity index (χ3n) is 2.15. The summed E-state index contributed by atoms with van der Waals surface area (Å²) in [5.41, 5.74) is 8.73. The van der Waals surface area contributed by atoms with Gasteiger partial charge in [-0.15, -0.1) is 10.2 Å². The van der Waals surface area contributed by atoms with Crippen molar-refractivity contribution in [3.05, 3.63) is 29.3 Å². The Bertz CT molecular complexity index is 542. The molecule has 1 amide bonds. The number of benzene rings is 1. The predicted molar refractivity (Wildman–Crippen MR) is 72.9 cm³/mol. The van der Waals surface area contributed by atoms with E-state index in [1.165, 1.54) is 23.1 Å². The molecular formula is C11H12N4OS2. The minimum Gasteiger partial charge on any atom is -0.398 e. The van der Waals surface area contributed by atoms with E-state index in [-0.39, 0.29) is 5.91 Å². The lowest BCUT2D eigenvalue weighted by Gasteiger charge is -2.06. The molecule has 2 aromatic rings. The highest BCUT2D eigenvalue weighted by atomic mass is 32.2. The highest BCUT2D eigenvalue weighted by Gasteiger charge is 2.09. The first kappa shape index (κ1) is 12.8. The highest BCUT2D eigenvalue weighted by Crippen LogP contribution is 2.33. The van der Waals surface area contributed by atoms with Crippen molar-refractivity contribution in [1.82, 2.24) is 15.5 Å². The van der Waals surface area contributed by atoms with Gasteiger partial charge in [-0.25, -0.2) is 0 Å². The lowest BCUT2D eigenvalue weighted by molar-refractivity contribution is 0.0956. The normalized spacial score (nSPS) is 10.3. The molecule has 5 nitrogen and oxygen atoms in total. The molecule has 0 unspecified atom stereocenters. The van der Waals surface area contributed by atoms with Crippen molar-refractivity contribution < 1.29 is 4.79 Å². The summed E-state index contributed by atoms with van der Waals surface area (Å²) in [5.74, 6) is -0.114. The molecule has 0 aliphatic carbocycles. The molecule has 0 aliphatic rings. The Kier molecular flexibility index (Phi) is 4.16. The van der Waals surface area contributed by atoms with E-state index < -0.39 is 0 Å². The van der Waals surface area contributed by atoms with Gasteiger partial charge in [-0.3, -0.25) is 4.79 Å². The van der Waals surface area contributed by atoms with Gasteiger partial charge in [-0.05, 0) is 25.1 Å². The van der Waals surface area contributed by atoms with E-state index in [1.807, 2.05) is 13.0 Å². The zero-order chi connectivity index (χ0) is 13.0. The number of aromatic nitrogens is 2. The zero-order valence-electron chi connectivity index (χ0n) is 9.71. The number of carbonyl (C=O) groups excluding carboxylic acids is 1. The van der Waals surface area contributed by atoms with Crippen LogP contribution in [0.1, 0.15) is 17.3 Å². The van der Waals surface area contributed by atoms with Crippen LogP contribution in [0.4, 0.5) is 5.69 Å². The number of rotatable bonds is 4. The number of nitrogens with zero attached hydrogens (tertiary/aromatic N) is 2. The van der Waals surface area contributed by atoms with Crippen LogP contribution >= 0.6 is 23.1 Å². The molecule has 0 spiro atoms. The Labute approximate surface area is 113 Å². The van der Waals surface area contributed by atoms with Gasteiger partial charge in [0.1, 0.15) is 5.51 Å². The summed E-state index contributed by atoms with van der Waals surface area (Å²) in [6.07, 6.45) is 0. The molecule has 7 heteroatoms. The molecule has 0 bridgehead atoms. The second kappa shape index (κ2) is 5.83. The van der Waals surface area contributed by atoms with Gasteiger partial charge in [-0.1, -0.05) is 23.1 Å². The number of hydrogen-bond acceptors (Lipinski definition) is 6. The summed E-state index contributed by atoms with van der Waals surface area (Å²) >= 11 is 2.89. The van der Waals surface area contributed by atoms with E-state index in [0.717, 1.165) is 9.24 Å². The molecule has 94 valence electrons. The van der Waals surface area contributed by atoms with Gasteiger partial charge in [0.25, 0.3) is 5.91 Å². The lowest BCUT2D eigenvalue weighted by atomic mass is 10.2. The van der Waals surface area contributed by atoms with Gasteiger partial charge < -0.3 is 11.1 Å². The Hall–Kier alpha value is -1.60. The number of hydrogen-bond donors (Lipinski definition) is 2. The standard InChI is InChI=1S/C11H12N4OS2/c1-2-13-10(16)7-3-4-9(8(12)5-7)18-11-15-14-6-17-11/h3-6H,2,12H2,1H3,(H,13,16). The topological polar surface area (TPSA) is 80.9 Å². The van der Waals surface area contributed by atoms with Gasteiger partial charge in [-0.2, -0.15) is 0 Å². The fraction of sp³-hybridized carbons (Fsp3) is 0.182. The molecule has 1 heterocycles. The number of nitrogens with two attached hydrogens (primary N) is 1. The van der Waals surface area contributed by atoms with Crippen molar-refractivity contribution >= 4 is 34.7 Å². The SMILES string of the molecule is CCNC(=O)c1ccc(Sc2nncs2)c(N)c1. The maximum Gasteiger partial charge on any atom is 0.251 e. The summed E-state index contributed by atoms with van der Waals surface area (Å²) < 4.78 is 0.826. The predicted octanol–water partition coefficient (Wildman–Crippen LogP) is 2.02. The molecule has 0 atom stereocenters. The largest absolute Gasteiger partial charge is 0.398 e. The molecule has 1 aromatic heterocycles. The molecule has 3 N–H and O–H groups in total. The smallest absolute Gasteiger partial charge is 0.251 e. The maximum absolute atomic E-state index is 11.6. The molecule has 0 aliphatic heterocycles. The van der Waals surface area contributed by atoms with E-state index in [4.69, 9.17) is 5.73 Å². The van der Waals surface area contributed by atoms with Crippen LogP contribution in [0, 0.1) is 0 Å². The van der Waals surface area contributed by atoms with Gasteiger partial charge in [0.15, 0.2) is 4.34 Å². The molecule has 0 fully saturated rings. The first-order valence-corrected chi connectivity index (χ1v) is 7.02. The Balaban J connectivity index is 2.17. The van der Waals surface area contributed by atoms with Gasteiger partial charge in [0.05, 0.1) is 0 Å². The van der Waals surface area contributed by atoms with Crippen LogP contribution in [0.5, 0.6) is 0 Å². The van der Waals surface area contributed by atoms with Crippen LogP contribution in [-0.4, -0.2) is 22.6 Å². The minimum absolute atomic E-state index is 0.114. The van der Waals surface area contributed by atoms with Gasteiger partial charge in [0.2, 0.25) is 0 Å². The van der Waals surface area contributed by atoms with Gasteiger partial charge >= 0.3 is 0 Å². The summed E-state index contributed by atoms with van der Waals surface area (Å²) in [7, 11) is 0. The lowest BCUT2D eigenvalue weighted by Crippen LogP contribution is -2.22. The number of carbonyl (C=O) groups is 1. The monoisotopic (exact) mass is 280 g/mol. The molecule has 1 aromatic carbocycles. The number of anilines is 1. The quantitative estimate of drug-likeness (QED) is 0.837. The van der Waals surface area contributed by atoms with Crippen molar-refractivity contribution in [2.75, 3.05) is 12.3 Å². The number of nitrogens with one attached hydrogen (secondary N) is 1. The van der Waals surface area contributed by atoms with E-state index >= 15 is 0 Å². The fourth-order valence-electron chi connectivity index (χ4n) is 1.35. The van der Waals surface area contributed by atoms with E-state index in [1.54, 1.807) is 17.6 Å². The second-order valence-corrected chi connectivity index (χ2v) is 5.54. The summed E-state index contributed by atoms with van der Waals surface area (Å²) in [6, 6.07) is 5.26. The average Bonchev–Trinajstić information content (AvgIpc) is 2.85. The second-order valence-electron chi connectivity index (χ2n) is 3.42. The van der Waals surface area contributed by atoms with E-state index in [9.17, 15) is 4.79 Å². The molecular weight excluding hydrogens is 268 g/mol. The summed E-state index contributed by atoms with van der Waals surface area (Å²) in [4.78, 5) is 12.5. The highest BCUT2D eigenvalue weighted by molar-refractivity contribution is 8.01. The van der Waals surface area contributed by atoms with Crippen LogP contribution in [0.15, 0.2) is 32.9 Å².